The van der Waals surface area contributed by atoms with Gasteiger partial charge in [0, 0.05) is 12.8 Å². The second kappa shape index (κ2) is 16.3. The van der Waals surface area contributed by atoms with Gasteiger partial charge in [-0.25, -0.2) is 0 Å². The molecule has 12 heteroatoms. The predicted octanol–water partition coefficient (Wildman–Crippen LogP) is -1.15. The number of carboxylic acid groups (broad SMARTS) is 1. The monoisotopic (exact) mass is 456 g/mol. The quantitative estimate of drug-likeness (QED) is 0.143. The fourth-order valence-electron chi connectivity index (χ4n) is 2.36. The molecule has 0 rings (SSSR count). The molecule has 0 aliphatic rings. The summed E-state index contributed by atoms with van der Waals surface area (Å²) in [6.45, 7) is 5.82. The maximum absolute atomic E-state index is 12.4. The Labute approximate surface area is 186 Å². The lowest BCUT2D eigenvalue weighted by molar-refractivity contribution is -0.142. The first-order valence-electron chi connectivity index (χ1n) is 10.1. The molecule has 0 aromatic rings. The molecule has 0 fully saturated rings. The van der Waals surface area contributed by atoms with Gasteiger partial charge in [0.1, 0.15) is 19.2 Å². The van der Waals surface area contributed by atoms with Crippen molar-refractivity contribution in [1.29, 1.82) is 0 Å². The van der Waals surface area contributed by atoms with Crippen molar-refractivity contribution in [2.45, 2.75) is 45.6 Å². The lowest BCUT2D eigenvalue weighted by Crippen LogP contribution is -2.50. The Balaban J connectivity index is 4.43. The molecule has 0 radical (unpaired) electrons. The van der Waals surface area contributed by atoms with E-state index in [1.807, 2.05) is 13.8 Å². The number of carboxylic acids is 1. The Morgan fingerprint density at radius 2 is 1.50 bits per heavy atom. The normalized spacial score (nSPS) is 11.1. The van der Waals surface area contributed by atoms with Crippen molar-refractivity contribution in [3.63, 3.8) is 0 Å². The van der Waals surface area contributed by atoms with Crippen LogP contribution in [0.5, 0.6) is 0 Å². The van der Waals surface area contributed by atoms with Crippen molar-refractivity contribution in [2.24, 2.45) is 5.92 Å². The molecule has 4 amide bonds. The largest absolute Gasteiger partial charge is 0.480 e. The molecule has 5 N–H and O–H groups in total. The molecule has 0 heterocycles. The van der Waals surface area contributed by atoms with Crippen LogP contribution in [-0.4, -0.2) is 73.0 Å². The molecule has 0 aromatic heterocycles. The first-order valence-corrected chi connectivity index (χ1v) is 10.1. The molecule has 0 spiro atoms. The molecule has 0 aliphatic carbocycles. The third-order valence-electron chi connectivity index (χ3n) is 3.81. The lowest BCUT2D eigenvalue weighted by Gasteiger charge is -2.20. The topological polar surface area (TPSA) is 180 Å². The van der Waals surface area contributed by atoms with Crippen LogP contribution in [0.15, 0.2) is 12.7 Å². The number of hydrogen-bond donors (Lipinski definition) is 5. The van der Waals surface area contributed by atoms with Gasteiger partial charge in [0.15, 0.2) is 0 Å². The van der Waals surface area contributed by atoms with E-state index in [1.165, 1.54) is 6.08 Å². The van der Waals surface area contributed by atoms with Crippen LogP contribution in [0.4, 0.5) is 0 Å². The van der Waals surface area contributed by atoms with E-state index < -0.39 is 61.2 Å². The van der Waals surface area contributed by atoms with Gasteiger partial charge < -0.3 is 31.1 Å². The molecule has 0 bridgehead atoms. The Bertz CT molecular complexity index is 693. The third kappa shape index (κ3) is 15.4. The highest BCUT2D eigenvalue weighted by Gasteiger charge is 2.22. The average Bonchev–Trinajstić information content (AvgIpc) is 2.72. The number of rotatable bonds is 16. The Hall–Kier alpha value is -3.44. The predicted molar refractivity (Wildman–Crippen MR) is 113 cm³/mol. The van der Waals surface area contributed by atoms with Crippen molar-refractivity contribution >= 4 is 35.6 Å². The molecule has 0 aliphatic heterocycles. The van der Waals surface area contributed by atoms with E-state index in [1.54, 1.807) is 0 Å². The maximum Gasteiger partial charge on any atom is 0.322 e. The zero-order chi connectivity index (χ0) is 24.5. The van der Waals surface area contributed by atoms with E-state index in [0.717, 1.165) is 0 Å². The van der Waals surface area contributed by atoms with Crippen LogP contribution < -0.4 is 21.3 Å². The van der Waals surface area contributed by atoms with Gasteiger partial charge in [-0.2, -0.15) is 0 Å². The number of ether oxygens (including phenoxy) is 1. The highest BCUT2D eigenvalue weighted by Crippen LogP contribution is 2.06. The summed E-state index contributed by atoms with van der Waals surface area (Å²) < 4.78 is 4.82. The molecular formula is C20H32N4O8. The number of carbonyl (C=O) groups excluding carboxylic acids is 5. The molecule has 180 valence electrons. The van der Waals surface area contributed by atoms with Crippen LogP contribution in [0, 0.1) is 5.92 Å². The molecular weight excluding hydrogens is 424 g/mol. The summed E-state index contributed by atoms with van der Waals surface area (Å²) in [7, 11) is 0. The fourth-order valence-corrected chi connectivity index (χ4v) is 2.36. The van der Waals surface area contributed by atoms with Crippen molar-refractivity contribution in [2.75, 3.05) is 26.2 Å². The summed E-state index contributed by atoms with van der Waals surface area (Å²) >= 11 is 0. The van der Waals surface area contributed by atoms with Gasteiger partial charge in [0.05, 0.1) is 13.1 Å². The lowest BCUT2D eigenvalue weighted by atomic mass is 10.0. The number of nitrogens with one attached hydrogen (secondary N) is 4. The highest BCUT2D eigenvalue weighted by atomic mass is 16.5. The Morgan fingerprint density at radius 1 is 0.906 bits per heavy atom. The zero-order valence-electron chi connectivity index (χ0n) is 18.4. The SMILES string of the molecule is C=CCOC(=O)CCCC(=O)N[C@@H](CC(C)C)C(=O)NCC(=O)NCC(=O)NCC(=O)O. The molecule has 1 atom stereocenters. The van der Waals surface area contributed by atoms with E-state index in [-0.39, 0.29) is 31.8 Å². The smallest absolute Gasteiger partial charge is 0.322 e. The molecule has 0 saturated carbocycles. The van der Waals surface area contributed by atoms with Crippen LogP contribution in [0.25, 0.3) is 0 Å². The highest BCUT2D eigenvalue weighted by molar-refractivity contribution is 5.92. The first kappa shape index (κ1) is 28.6. The summed E-state index contributed by atoms with van der Waals surface area (Å²) in [5.41, 5.74) is 0. The molecule has 0 saturated heterocycles. The number of esters is 1. The summed E-state index contributed by atoms with van der Waals surface area (Å²) in [5, 5.41) is 17.8. The number of amides is 4. The molecule has 0 aromatic carbocycles. The van der Waals surface area contributed by atoms with Crippen molar-refractivity contribution in [1.82, 2.24) is 21.3 Å². The van der Waals surface area contributed by atoms with E-state index in [0.29, 0.717) is 6.42 Å². The number of carbonyl (C=O) groups is 6. The van der Waals surface area contributed by atoms with Crippen LogP contribution in [-0.2, 0) is 33.5 Å². The first-order chi connectivity index (χ1) is 15.0. The Kier molecular flexibility index (Phi) is 14.5. The molecule has 0 unspecified atom stereocenters. The summed E-state index contributed by atoms with van der Waals surface area (Å²) in [6.07, 6.45) is 2.11. The minimum absolute atomic E-state index is 0.0248. The number of aliphatic carboxylic acids is 1. The third-order valence-corrected chi connectivity index (χ3v) is 3.81. The van der Waals surface area contributed by atoms with Crippen LogP contribution >= 0.6 is 0 Å². The van der Waals surface area contributed by atoms with E-state index in [2.05, 4.69) is 27.8 Å². The van der Waals surface area contributed by atoms with E-state index >= 15 is 0 Å². The summed E-state index contributed by atoms with van der Waals surface area (Å²) in [6, 6.07) is -0.873. The summed E-state index contributed by atoms with van der Waals surface area (Å²) in [5.74, 6) is -3.92. The van der Waals surface area contributed by atoms with Gasteiger partial charge >= 0.3 is 11.9 Å². The number of hydrogen-bond acceptors (Lipinski definition) is 7. The molecule has 32 heavy (non-hydrogen) atoms. The van der Waals surface area contributed by atoms with Gasteiger partial charge in [0.2, 0.25) is 23.6 Å². The van der Waals surface area contributed by atoms with Crippen LogP contribution in [0.3, 0.4) is 0 Å². The van der Waals surface area contributed by atoms with Gasteiger partial charge in [-0.05, 0) is 18.8 Å². The van der Waals surface area contributed by atoms with Crippen molar-refractivity contribution < 1.29 is 38.6 Å². The van der Waals surface area contributed by atoms with Gasteiger partial charge in [0.25, 0.3) is 0 Å². The van der Waals surface area contributed by atoms with Crippen molar-refractivity contribution in [3.8, 4) is 0 Å². The molecule has 12 nitrogen and oxygen atoms in total. The second-order valence-corrected chi connectivity index (χ2v) is 7.24. The zero-order valence-corrected chi connectivity index (χ0v) is 18.4. The summed E-state index contributed by atoms with van der Waals surface area (Å²) in [4.78, 5) is 69.5. The van der Waals surface area contributed by atoms with Gasteiger partial charge in [-0.3, -0.25) is 28.8 Å². The van der Waals surface area contributed by atoms with Gasteiger partial charge in [-0.15, -0.1) is 0 Å². The second-order valence-electron chi connectivity index (χ2n) is 7.24. The minimum Gasteiger partial charge on any atom is -0.480 e. The van der Waals surface area contributed by atoms with Gasteiger partial charge in [-0.1, -0.05) is 26.5 Å². The van der Waals surface area contributed by atoms with Crippen LogP contribution in [0.1, 0.15) is 39.5 Å². The van der Waals surface area contributed by atoms with Crippen molar-refractivity contribution in [3.05, 3.63) is 12.7 Å². The van der Waals surface area contributed by atoms with E-state index in [9.17, 15) is 28.8 Å². The Morgan fingerprint density at radius 3 is 2.06 bits per heavy atom. The average molecular weight is 456 g/mol. The maximum atomic E-state index is 12.4. The van der Waals surface area contributed by atoms with E-state index in [4.69, 9.17) is 9.84 Å². The van der Waals surface area contributed by atoms with Crippen LogP contribution in [0.2, 0.25) is 0 Å². The minimum atomic E-state index is -1.22. The fraction of sp³-hybridized carbons (Fsp3) is 0.600. The standard InChI is InChI=1S/C20H32N4O8/c1-4-8-32-19(30)7-5-6-15(25)24-14(9-13(2)3)20(31)23-11-17(27)21-10-16(26)22-12-18(28)29/h4,13-14H,1,5-12H2,2-3H3,(H,21,27)(H,22,26)(H,23,31)(H,24,25)(H,28,29)/t14-/m0/s1.